The van der Waals surface area contributed by atoms with Crippen LogP contribution in [-0.4, -0.2) is 45.4 Å². The molecule has 3 heterocycles. The first-order valence-corrected chi connectivity index (χ1v) is 5.63. The molecule has 3 aliphatic carbocycles. The summed E-state index contributed by atoms with van der Waals surface area (Å²) in [6.45, 7) is 0.137. The fourth-order valence-corrected chi connectivity index (χ4v) is 4.20. The molecule has 6 fully saturated rings. The molecule has 7 heteroatoms. The Bertz CT molecular complexity index is 470. The van der Waals surface area contributed by atoms with Gasteiger partial charge >= 0.3 is 17.9 Å². The van der Waals surface area contributed by atoms with Crippen LogP contribution in [-0.2, 0) is 19.1 Å². The average Bonchev–Trinajstić information content (AvgIpc) is 2.27. The Kier molecular flexibility index (Phi) is 1.81. The van der Waals surface area contributed by atoms with Crippen LogP contribution >= 0.6 is 0 Å². The van der Waals surface area contributed by atoms with Gasteiger partial charge in [-0.25, -0.2) is 4.79 Å². The summed E-state index contributed by atoms with van der Waals surface area (Å²) < 4.78 is 5.26. The molecule has 1 spiro atoms. The Morgan fingerprint density at radius 1 is 1.06 bits per heavy atom. The molecular formula is C11H12O7. The SMILES string of the molecule is O=C(O)C1CC23COC1(C(=O)O)C(C(=O)O)(C2)C3. The van der Waals surface area contributed by atoms with Crippen molar-refractivity contribution in [1.82, 2.24) is 0 Å². The Morgan fingerprint density at radius 2 is 1.67 bits per heavy atom. The number of carbonyl (C=O) groups is 3. The van der Waals surface area contributed by atoms with E-state index in [0.717, 1.165) is 0 Å². The van der Waals surface area contributed by atoms with Gasteiger partial charge in [0.25, 0.3) is 0 Å². The maximum Gasteiger partial charge on any atom is 0.338 e. The Hall–Kier alpha value is -1.63. The van der Waals surface area contributed by atoms with E-state index in [0.29, 0.717) is 0 Å². The van der Waals surface area contributed by atoms with Crippen molar-refractivity contribution in [2.75, 3.05) is 6.61 Å². The maximum absolute atomic E-state index is 11.5. The smallest absolute Gasteiger partial charge is 0.338 e. The second kappa shape index (κ2) is 2.85. The number of carboxylic acid groups (broad SMARTS) is 3. The van der Waals surface area contributed by atoms with E-state index in [4.69, 9.17) is 9.84 Å². The van der Waals surface area contributed by atoms with Crippen molar-refractivity contribution >= 4 is 17.9 Å². The van der Waals surface area contributed by atoms with E-state index in [1.165, 1.54) is 0 Å². The van der Waals surface area contributed by atoms with Gasteiger partial charge in [-0.05, 0) is 24.7 Å². The first-order valence-electron chi connectivity index (χ1n) is 5.63. The van der Waals surface area contributed by atoms with Gasteiger partial charge in [-0.1, -0.05) is 0 Å². The van der Waals surface area contributed by atoms with Gasteiger partial charge in [-0.2, -0.15) is 0 Å². The van der Waals surface area contributed by atoms with E-state index >= 15 is 0 Å². The largest absolute Gasteiger partial charge is 0.481 e. The zero-order valence-corrected chi connectivity index (χ0v) is 9.38. The minimum atomic E-state index is -2.12. The summed E-state index contributed by atoms with van der Waals surface area (Å²) in [5.74, 6) is -5.34. The number of carboxylic acids is 3. The average molecular weight is 256 g/mol. The first kappa shape index (κ1) is 11.5. The predicted molar refractivity (Wildman–Crippen MR) is 53.8 cm³/mol. The topological polar surface area (TPSA) is 121 Å². The molecule has 3 bridgehead atoms. The van der Waals surface area contributed by atoms with Crippen molar-refractivity contribution in [3.05, 3.63) is 0 Å². The molecular weight excluding hydrogens is 244 g/mol. The van der Waals surface area contributed by atoms with Gasteiger partial charge in [0.05, 0.1) is 12.5 Å². The Morgan fingerprint density at radius 3 is 2.11 bits per heavy atom. The zero-order chi connectivity index (χ0) is 13.3. The normalized spacial score (nSPS) is 48.3. The molecule has 3 saturated carbocycles. The molecule has 2 atom stereocenters. The lowest BCUT2D eigenvalue weighted by Crippen LogP contribution is -2.81. The molecule has 98 valence electrons. The van der Waals surface area contributed by atoms with Crippen LogP contribution in [0.2, 0.25) is 0 Å². The summed E-state index contributed by atoms with van der Waals surface area (Å²) in [6.07, 6.45) is 0.584. The molecule has 6 rings (SSSR count). The standard InChI is InChI=1S/C11H12O7/c12-6(13)5-1-9-2-10(3-9,7(14)15)11(5,8(16)17)18-4-9/h5H,1-4H2,(H,12,13)(H,14,15)(H,16,17). The van der Waals surface area contributed by atoms with Crippen LogP contribution in [0.5, 0.6) is 0 Å². The highest BCUT2D eigenvalue weighted by molar-refractivity contribution is 5.96. The summed E-state index contributed by atoms with van der Waals surface area (Å²) in [6, 6.07) is 0. The summed E-state index contributed by atoms with van der Waals surface area (Å²) in [5.41, 5.74) is -4.16. The van der Waals surface area contributed by atoms with E-state index in [9.17, 15) is 24.6 Å². The minimum absolute atomic E-state index is 0.137. The maximum atomic E-state index is 11.5. The first-order chi connectivity index (χ1) is 8.30. The Balaban J connectivity index is 2.18. The fourth-order valence-electron chi connectivity index (χ4n) is 4.20. The molecule has 0 aromatic rings. The van der Waals surface area contributed by atoms with Crippen LogP contribution in [0.3, 0.4) is 0 Å². The van der Waals surface area contributed by atoms with E-state index in [1.54, 1.807) is 0 Å². The lowest BCUT2D eigenvalue weighted by Gasteiger charge is -2.71. The summed E-state index contributed by atoms with van der Waals surface area (Å²) in [4.78, 5) is 34.2. The molecule has 0 aromatic carbocycles. The predicted octanol–water partition coefficient (Wildman–Crippen LogP) is -0.204. The summed E-state index contributed by atoms with van der Waals surface area (Å²) >= 11 is 0. The van der Waals surface area contributed by atoms with Crippen LogP contribution in [0.15, 0.2) is 0 Å². The van der Waals surface area contributed by atoms with Gasteiger partial charge in [0.2, 0.25) is 0 Å². The highest BCUT2D eigenvalue weighted by Crippen LogP contribution is 2.74. The van der Waals surface area contributed by atoms with Crippen LogP contribution in [0.4, 0.5) is 0 Å². The molecule has 0 radical (unpaired) electrons. The van der Waals surface area contributed by atoms with Crippen LogP contribution in [0.25, 0.3) is 0 Å². The van der Waals surface area contributed by atoms with Gasteiger partial charge in [0, 0.05) is 0 Å². The molecule has 3 saturated heterocycles. The second-order valence-corrected chi connectivity index (χ2v) is 5.67. The van der Waals surface area contributed by atoms with Crippen molar-refractivity contribution in [2.24, 2.45) is 16.7 Å². The number of hydrogen-bond donors (Lipinski definition) is 3. The van der Waals surface area contributed by atoms with Crippen molar-refractivity contribution in [3.8, 4) is 0 Å². The molecule has 18 heavy (non-hydrogen) atoms. The molecule has 6 aliphatic rings. The fraction of sp³-hybridized carbons (Fsp3) is 0.727. The lowest BCUT2D eigenvalue weighted by atomic mass is 9.36. The van der Waals surface area contributed by atoms with Crippen molar-refractivity contribution in [3.63, 3.8) is 0 Å². The van der Waals surface area contributed by atoms with Crippen molar-refractivity contribution in [1.29, 1.82) is 0 Å². The highest BCUT2D eigenvalue weighted by atomic mass is 16.5. The van der Waals surface area contributed by atoms with E-state index in [1.807, 2.05) is 0 Å². The third kappa shape index (κ3) is 0.902. The van der Waals surface area contributed by atoms with E-state index in [2.05, 4.69) is 0 Å². The van der Waals surface area contributed by atoms with Gasteiger partial charge in [0.1, 0.15) is 5.41 Å². The molecule has 3 aliphatic heterocycles. The summed E-state index contributed by atoms with van der Waals surface area (Å²) in [7, 11) is 0. The highest BCUT2D eigenvalue weighted by Gasteiger charge is 2.84. The summed E-state index contributed by atoms with van der Waals surface area (Å²) in [5, 5.41) is 27.9. The molecule has 0 amide bonds. The van der Waals surface area contributed by atoms with Gasteiger partial charge in [0.15, 0.2) is 5.60 Å². The van der Waals surface area contributed by atoms with Crippen molar-refractivity contribution < 1.29 is 34.4 Å². The molecule has 7 nitrogen and oxygen atoms in total. The molecule has 3 N–H and O–H groups in total. The quantitative estimate of drug-likeness (QED) is 0.639. The van der Waals surface area contributed by atoms with Gasteiger partial charge in [-0.3, -0.25) is 9.59 Å². The van der Waals surface area contributed by atoms with Crippen molar-refractivity contribution in [2.45, 2.75) is 24.9 Å². The van der Waals surface area contributed by atoms with Gasteiger partial charge < -0.3 is 20.1 Å². The monoisotopic (exact) mass is 256 g/mol. The number of rotatable bonds is 3. The van der Waals surface area contributed by atoms with Crippen LogP contribution in [0, 0.1) is 16.7 Å². The number of ether oxygens (including phenoxy) is 1. The lowest BCUT2D eigenvalue weighted by molar-refractivity contribution is -0.340. The number of aliphatic carboxylic acids is 3. The van der Waals surface area contributed by atoms with E-state index in [-0.39, 0.29) is 25.9 Å². The third-order valence-electron chi connectivity index (χ3n) is 4.82. The van der Waals surface area contributed by atoms with Crippen LogP contribution < -0.4 is 0 Å². The Labute approximate surface area is 101 Å². The second-order valence-electron chi connectivity index (χ2n) is 5.67. The minimum Gasteiger partial charge on any atom is -0.481 e. The third-order valence-corrected chi connectivity index (χ3v) is 4.82. The molecule has 2 unspecified atom stereocenters. The molecule has 0 aromatic heterocycles. The van der Waals surface area contributed by atoms with Crippen LogP contribution in [0.1, 0.15) is 19.3 Å². The number of hydrogen-bond acceptors (Lipinski definition) is 4. The zero-order valence-electron chi connectivity index (χ0n) is 9.38. The van der Waals surface area contributed by atoms with E-state index < -0.39 is 40.3 Å². The van der Waals surface area contributed by atoms with Gasteiger partial charge in [-0.15, -0.1) is 0 Å².